The van der Waals surface area contributed by atoms with Gasteiger partial charge >= 0.3 is 0 Å². The first-order valence-corrected chi connectivity index (χ1v) is 10.6. The standard InChI is InChI=1S/C26H26FN3O2/c1-29(2)25(32)26(12-14-30(18-26)24(31)22-7-4-13-28-17-22)16-19-5-3-6-21(15-19)20-8-10-23(27)11-9-20/h3-11,13,15,17H,12,14,16,18H2,1-2H3/t26-/m0/s1. The highest BCUT2D eigenvalue weighted by Gasteiger charge is 2.46. The minimum atomic E-state index is -0.692. The minimum Gasteiger partial charge on any atom is -0.348 e. The van der Waals surface area contributed by atoms with Gasteiger partial charge in [0.1, 0.15) is 5.82 Å². The molecule has 0 aliphatic carbocycles. The topological polar surface area (TPSA) is 53.5 Å². The Balaban J connectivity index is 1.61. The van der Waals surface area contributed by atoms with Crippen LogP contribution in [0.4, 0.5) is 4.39 Å². The molecule has 1 saturated heterocycles. The van der Waals surface area contributed by atoms with Gasteiger partial charge in [0.05, 0.1) is 11.0 Å². The number of benzene rings is 2. The molecule has 1 aromatic heterocycles. The van der Waals surface area contributed by atoms with Gasteiger partial charge in [-0.15, -0.1) is 0 Å². The Morgan fingerprint density at radius 3 is 2.53 bits per heavy atom. The molecule has 2 heterocycles. The second-order valence-electron chi connectivity index (χ2n) is 8.58. The third kappa shape index (κ3) is 4.40. The number of aromatic nitrogens is 1. The van der Waals surface area contributed by atoms with E-state index in [2.05, 4.69) is 4.98 Å². The van der Waals surface area contributed by atoms with Gasteiger partial charge in [0.15, 0.2) is 0 Å². The van der Waals surface area contributed by atoms with E-state index >= 15 is 0 Å². The molecule has 0 spiro atoms. The van der Waals surface area contributed by atoms with E-state index in [1.54, 1.807) is 60.6 Å². The summed E-state index contributed by atoms with van der Waals surface area (Å²) >= 11 is 0. The van der Waals surface area contributed by atoms with E-state index in [0.717, 1.165) is 16.7 Å². The molecule has 6 heteroatoms. The van der Waals surface area contributed by atoms with Gasteiger partial charge in [-0.3, -0.25) is 14.6 Å². The molecule has 1 fully saturated rings. The Morgan fingerprint density at radius 1 is 1.06 bits per heavy atom. The lowest BCUT2D eigenvalue weighted by Crippen LogP contribution is -2.44. The van der Waals surface area contributed by atoms with Gasteiger partial charge in [0.25, 0.3) is 5.91 Å². The highest BCUT2D eigenvalue weighted by Crippen LogP contribution is 2.37. The molecule has 0 radical (unpaired) electrons. The van der Waals surface area contributed by atoms with Gasteiger partial charge in [-0.25, -0.2) is 4.39 Å². The van der Waals surface area contributed by atoms with E-state index in [1.807, 2.05) is 24.3 Å². The molecule has 164 valence electrons. The van der Waals surface area contributed by atoms with Crippen LogP contribution in [0.1, 0.15) is 22.3 Å². The van der Waals surface area contributed by atoms with Crippen LogP contribution < -0.4 is 0 Å². The monoisotopic (exact) mass is 431 g/mol. The summed E-state index contributed by atoms with van der Waals surface area (Å²) in [6.45, 7) is 0.878. The maximum Gasteiger partial charge on any atom is 0.255 e. The van der Waals surface area contributed by atoms with Crippen molar-refractivity contribution >= 4 is 11.8 Å². The van der Waals surface area contributed by atoms with Crippen molar-refractivity contribution in [2.45, 2.75) is 12.8 Å². The number of rotatable bonds is 5. The lowest BCUT2D eigenvalue weighted by Gasteiger charge is -2.31. The molecule has 5 nitrogen and oxygen atoms in total. The minimum absolute atomic E-state index is 0.0196. The number of likely N-dealkylation sites (tertiary alicyclic amines) is 1. The van der Waals surface area contributed by atoms with E-state index in [4.69, 9.17) is 0 Å². The van der Waals surface area contributed by atoms with E-state index in [9.17, 15) is 14.0 Å². The van der Waals surface area contributed by atoms with Crippen LogP contribution in [0.5, 0.6) is 0 Å². The van der Waals surface area contributed by atoms with E-state index in [-0.39, 0.29) is 17.6 Å². The molecule has 1 atom stereocenters. The number of halogens is 1. The van der Waals surface area contributed by atoms with Crippen molar-refractivity contribution in [1.29, 1.82) is 0 Å². The zero-order valence-corrected chi connectivity index (χ0v) is 18.3. The predicted octanol–water partition coefficient (Wildman–Crippen LogP) is 4.05. The summed E-state index contributed by atoms with van der Waals surface area (Å²) in [7, 11) is 3.51. The van der Waals surface area contributed by atoms with Crippen molar-refractivity contribution in [1.82, 2.24) is 14.8 Å². The fourth-order valence-corrected chi connectivity index (χ4v) is 4.48. The predicted molar refractivity (Wildman–Crippen MR) is 121 cm³/mol. The van der Waals surface area contributed by atoms with Crippen LogP contribution in [0, 0.1) is 11.2 Å². The molecule has 2 amide bonds. The molecular weight excluding hydrogens is 405 g/mol. The molecule has 0 unspecified atom stereocenters. The van der Waals surface area contributed by atoms with Crippen LogP contribution in [-0.2, 0) is 11.2 Å². The second-order valence-corrected chi connectivity index (χ2v) is 8.58. The Bertz CT molecular complexity index is 1120. The summed E-state index contributed by atoms with van der Waals surface area (Å²) in [5.41, 5.74) is 2.73. The molecule has 0 N–H and O–H groups in total. The molecule has 1 aliphatic rings. The summed E-state index contributed by atoms with van der Waals surface area (Å²) in [4.78, 5) is 33.7. The normalized spacial score (nSPS) is 17.9. The summed E-state index contributed by atoms with van der Waals surface area (Å²) in [6.07, 6.45) is 4.31. The van der Waals surface area contributed by atoms with Crippen LogP contribution in [0.25, 0.3) is 11.1 Å². The molecule has 0 saturated carbocycles. The van der Waals surface area contributed by atoms with E-state index < -0.39 is 5.41 Å². The van der Waals surface area contributed by atoms with Gasteiger partial charge in [0, 0.05) is 39.6 Å². The number of nitrogens with zero attached hydrogens (tertiary/aromatic N) is 3. The molecule has 32 heavy (non-hydrogen) atoms. The average molecular weight is 432 g/mol. The fourth-order valence-electron chi connectivity index (χ4n) is 4.48. The first-order valence-electron chi connectivity index (χ1n) is 10.6. The van der Waals surface area contributed by atoms with Crippen LogP contribution in [-0.4, -0.2) is 53.8 Å². The van der Waals surface area contributed by atoms with Crippen LogP contribution in [0.15, 0.2) is 73.1 Å². The Labute approximate surface area is 187 Å². The van der Waals surface area contributed by atoms with Crippen LogP contribution in [0.2, 0.25) is 0 Å². The van der Waals surface area contributed by atoms with Crippen molar-refractivity contribution in [3.8, 4) is 11.1 Å². The Hall–Kier alpha value is -3.54. The molecular formula is C26H26FN3O2. The quantitative estimate of drug-likeness (QED) is 0.612. The van der Waals surface area contributed by atoms with Crippen molar-refractivity contribution in [2.24, 2.45) is 5.41 Å². The number of hydrogen-bond acceptors (Lipinski definition) is 3. The fraction of sp³-hybridized carbons (Fsp3) is 0.269. The smallest absolute Gasteiger partial charge is 0.255 e. The summed E-state index contributed by atoms with van der Waals surface area (Å²) in [5.74, 6) is -0.359. The maximum absolute atomic E-state index is 13.3. The third-order valence-electron chi connectivity index (χ3n) is 6.06. The van der Waals surface area contributed by atoms with E-state index in [1.165, 1.54) is 12.1 Å². The zero-order valence-electron chi connectivity index (χ0n) is 18.3. The zero-order chi connectivity index (χ0) is 22.7. The largest absolute Gasteiger partial charge is 0.348 e. The summed E-state index contributed by atoms with van der Waals surface area (Å²) in [6, 6.07) is 17.8. The summed E-state index contributed by atoms with van der Waals surface area (Å²) < 4.78 is 13.3. The lowest BCUT2D eigenvalue weighted by atomic mass is 9.79. The third-order valence-corrected chi connectivity index (χ3v) is 6.06. The van der Waals surface area contributed by atoms with Crippen molar-refractivity contribution in [3.63, 3.8) is 0 Å². The van der Waals surface area contributed by atoms with Crippen molar-refractivity contribution in [3.05, 3.63) is 90.0 Å². The van der Waals surface area contributed by atoms with Gasteiger partial charge in [-0.2, -0.15) is 0 Å². The number of carbonyl (C=O) groups is 2. The van der Waals surface area contributed by atoms with Gasteiger partial charge in [-0.05, 0) is 53.8 Å². The molecule has 0 bridgehead atoms. The van der Waals surface area contributed by atoms with Gasteiger partial charge < -0.3 is 9.80 Å². The SMILES string of the molecule is CN(C)C(=O)[C@]1(Cc2cccc(-c3ccc(F)cc3)c2)CCN(C(=O)c2cccnc2)C1. The Morgan fingerprint density at radius 2 is 1.84 bits per heavy atom. The molecule has 2 aromatic carbocycles. The van der Waals surface area contributed by atoms with E-state index in [0.29, 0.717) is 31.5 Å². The molecule has 4 rings (SSSR count). The second kappa shape index (κ2) is 8.91. The van der Waals surface area contributed by atoms with Crippen molar-refractivity contribution in [2.75, 3.05) is 27.2 Å². The average Bonchev–Trinajstić information content (AvgIpc) is 3.24. The number of pyridine rings is 1. The van der Waals surface area contributed by atoms with Crippen LogP contribution >= 0.6 is 0 Å². The molecule has 3 aromatic rings. The lowest BCUT2D eigenvalue weighted by molar-refractivity contribution is -0.138. The summed E-state index contributed by atoms with van der Waals surface area (Å²) in [5, 5.41) is 0. The highest BCUT2D eigenvalue weighted by atomic mass is 19.1. The first-order chi connectivity index (χ1) is 15.4. The first kappa shape index (κ1) is 21.7. The van der Waals surface area contributed by atoms with Gasteiger partial charge in [-0.1, -0.05) is 36.4 Å². The maximum atomic E-state index is 13.3. The number of carbonyl (C=O) groups excluding carboxylic acids is 2. The highest BCUT2D eigenvalue weighted by molar-refractivity contribution is 5.95. The Kier molecular flexibility index (Phi) is 6.04. The number of hydrogen-bond donors (Lipinski definition) is 0. The van der Waals surface area contributed by atoms with Crippen molar-refractivity contribution < 1.29 is 14.0 Å². The van der Waals surface area contributed by atoms with Gasteiger partial charge in [0.2, 0.25) is 5.91 Å². The number of amides is 2. The molecule has 1 aliphatic heterocycles. The van der Waals surface area contributed by atoms with Crippen LogP contribution in [0.3, 0.4) is 0 Å².